The van der Waals surface area contributed by atoms with E-state index < -0.39 is 0 Å². The maximum absolute atomic E-state index is 6.27. The quantitative estimate of drug-likeness (QED) is 0.545. The van der Waals surface area contributed by atoms with Crippen LogP contribution in [-0.2, 0) is 5.88 Å². The van der Waals surface area contributed by atoms with Crippen molar-refractivity contribution in [3.8, 4) is 11.5 Å². The molecule has 2 aromatic rings. The van der Waals surface area contributed by atoms with Crippen LogP contribution in [0.4, 0.5) is 0 Å². The Hall–Kier alpha value is -0.890. The molecule has 0 heterocycles. The average Bonchev–Trinajstić information content (AvgIpc) is 2.43. The van der Waals surface area contributed by atoms with Gasteiger partial charge in [-0.25, -0.2) is 0 Å². The van der Waals surface area contributed by atoms with E-state index in [0.717, 1.165) is 27.5 Å². The minimum Gasteiger partial charge on any atom is -0.456 e. The predicted octanol–water partition coefficient (Wildman–Crippen LogP) is 6.96. The maximum Gasteiger partial charge on any atom is 0.146 e. The van der Waals surface area contributed by atoms with E-state index in [1.807, 2.05) is 37.3 Å². The molecular weight excluding hydrogens is 327 g/mol. The molecule has 0 atom stereocenters. The van der Waals surface area contributed by atoms with Gasteiger partial charge >= 0.3 is 0 Å². The summed E-state index contributed by atoms with van der Waals surface area (Å²) in [5.41, 5.74) is 3.00. The van der Waals surface area contributed by atoms with Crippen molar-refractivity contribution in [2.45, 2.75) is 32.6 Å². The highest BCUT2D eigenvalue weighted by Crippen LogP contribution is 2.36. The molecular formula is C17H17Cl3O. The van der Waals surface area contributed by atoms with Crippen LogP contribution in [0.2, 0.25) is 10.0 Å². The van der Waals surface area contributed by atoms with Crippen molar-refractivity contribution in [2.75, 3.05) is 0 Å². The van der Waals surface area contributed by atoms with E-state index in [0.29, 0.717) is 22.6 Å². The fourth-order valence-electron chi connectivity index (χ4n) is 2.05. The average molecular weight is 344 g/mol. The molecule has 0 amide bonds. The van der Waals surface area contributed by atoms with Crippen molar-refractivity contribution < 1.29 is 4.74 Å². The second-order valence-corrected chi connectivity index (χ2v) is 6.38. The highest BCUT2D eigenvalue weighted by molar-refractivity contribution is 6.32. The third kappa shape index (κ3) is 3.85. The lowest BCUT2D eigenvalue weighted by Crippen LogP contribution is -1.95. The minimum absolute atomic E-state index is 0.328. The molecule has 0 fully saturated rings. The highest BCUT2D eigenvalue weighted by Gasteiger charge is 2.12. The van der Waals surface area contributed by atoms with Crippen molar-refractivity contribution in [3.63, 3.8) is 0 Å². The Morgan fingerprint density at radius 1 is 1.00 bits per heavy atom. The van der Waals surface area contributed by atoms with Gasteiger partial charge in [-0.3, -0.25) is 0 Å². The van der Waals surface area contributed by atoms with Crippen LogP contribution in [-0.4, -0.2) is 0 Å². The number of halogens is 3. The van der Waals surface area contributed by atoms with Gasteiger partial charge in [0.15, 0.2) is 0 Å². The number of alkyl halides is 1. The molecule has 2 rings (SSSR count). The number of benzene rings is 2. The zero-order chi connectivity index (χ0) is 15.6. The lowest BCUT2D eigenvalue weighted by atomic mass is 10.0. The van der Waals surface area contributed by atoms with Gasteiger partial charge in [0.2, 0.25) is 0 Å². The smallest absolute Gasteiger partial charge is 0.146 e. The number of hydrogen-bond acceptors (Lipinski definition) is 1. The summed E-state index contributed by atoms with van der Waals surface area (Å²) in [6.45, 7) is 6.16. The fraction of sp³-hybridized carbons (Fsp3) is 0.294. The van der Waals surface area contributed by atoms with E-state index in [2.05, 4.69) is 13.8 Å². The van der Waals surface area contributed by atoms with Crippen molar-refractivity contribution in [1.29, 1.82) is 0 Å². The molecule has 0 aliphatic heterocycles. The molecule has 0 radical (unpaired) electrons. The predicted molar refractivity (Wildman–Crippen MR) is 91.4 cm³/mol. The second-order valence-electron chi connectivity index (χ2n) is 5.29. The lowest BCUT2D eigenvalue weighted by molar-refractivity contribution is 0.478. The Morgan fingerprint density at radius 3 is 2.29 bits per heavy atom. The first kappa shape index (κ1) is 16.5. The van der Waals surface area contributed by atoms with Crippen LogP contribution in [0.15, 0.2) is 30.3 Å². The summed E-state index contributed by atoms with van der Waals surface area (Å²) in [6, 6.07) is 9.46. The Morgan fingerprint density at radius 2 is 1.71 bits per heavy atom. The maximum atomic E-state index is 6.27. The summed E-state index contributed by atoms with van der Waals surface area (Å²) in [5.74, 6) is 2.14. The molecule has 0 unspecified atom stereocenters. The number of ether oxygens (including phenoxy) is 1. The van der Waals surface area contributed by atoms with Gasteiger partial charge in [0.1, 0.15) is 11.5 Å². The number of hydrogen-bond donors (Lipinski definition) is 0. The van der Waals surface area contributed by atoms with E-state index in [-0.39, 0.29) is 0 Å². The van der Waals surface area contributed by atoms with Gasteiger partial charge in [-0.15, -0.1) is 11.6 Å². The molecule has 1 nitrogen and oxygen atoms in total. The standard InChI is InChI=1S/C17H17Cl3O/c1-10(2)13-8-17(11(3)6-14(13)19)21-16-5-4-12(9-18)7-15(16)20/h4-8,10H,9H2,1-3H3. The highest BCUT2D eigenvalue weighted by atomic mass is 35.5. The Bertz CT molecular complexity index is 651. The van der Waals surface area contributed by atoms with Gasteiger partial charge < -0.3 is 4.74 Å². The molecule has 4 heteroatoms. The molecule has 0 aromatic heterocycles. The van der Waals surface area contributed by atoms with Crippen LogP contribution in [0.1, 0.15) is 36.5 Å². The Labute approximate surface area is 140 Å². The summed E-state index contributed by atoms with van der Waals surface area (Å²) < 4.78 is 5.95. The lowest BCUT2D eigenvalue weighted by Gasteiger charge is -2.15. The third-order valence-electron chi connectivity index (χ3n) is 3.29. The molecule has 0 N–H and O–H groups in total. The molecule has 0 saturated heterocycles. The topological polar surface area (TPSA) is 9.23 Å². The molecule has 0 spiro atoms. The monoisotopic (exact) mass is 342 g/mol. The second kappa shape index (κ2) is 6.91. The molecule has 112 valence electrons. The zero-order valence-corrected chi connectivity index (χ0v) is 14.5. The molecule has 2 aromatic carbocycles. The molecule has 0 aliphatic carbocycles. The molecule has 0 bridgehead atoms. The van der Waals surface area contributed by atoms with E-state index in [9.17, 15) is 0 Å². The van der Waals surface area contributed by atoms with Gasteiger partial charge in [0.25, 0.3) is 0 Å². The number of rotatable bonds is 4. The van der Waals surface area contributed by atoms with Crippen molar-refractivity contribution in [2.24, 2.45) is 0 Å². The Kier molecular flexibility index (Phi) is 5.43. The summed E-state index contributed by atoms with van der Waals surface area (Å²) >= 11 is 18.3. The SMILES string of the molecule is Cc1cc(Cl)c(C(C)C)cc1Oc1ccc(CCl)cc1Cl. The summed E-state index contributed by atoms with van der Waals surface area (Å²) in [5, 5.41) is 1.31. The van der Waals surface area contributed by atoms with E-state index in [1.165, 1.54) is 0 Å². The van der Waals surface area contributed by atoms with Crippen molar-refractivity contribution in [3.05, 3.63) is 57.1 Å². The first-order valence-electron chi connectivity index (χ1n) is 6.74. The van der Waals surface area contributed by atoms with Crippen LogP contribution in [0.3, 0.4) is 0 Å². The molecule has 0 aliphatic rings. The zero-order valence-electron chi connectivity index (χ0n) is 12.2. The van der Waals surface area contributed by atoms with Gasteiger partial charge in [-0.2, -0.15) is 0 Å². The van der Waals surface area contributed by atoms with Gasteiger partial charge in [-0.1, -0.05) is 43.1 Å². The van der Waals surface area contributed by atoms with Crippen LogP contribution < -0.4 is 4.74 Å². The summed E-state index contributed by atoms with van der Waals surface area (Å²) in [7, 11) is 0. The van der Waals surface area contributed by atoms with E-state index in [4.69, 9.17) is 39.5 Å². The third-order valence-corrected chi connectivity index (χ3v) is 4.22. The summed E-state index contributed by atoms with van der Waals surface area (Å²) in [4.78, 5) is 0. The van der Waals surface area contributed by atoms with Gasteiger partial charge in [0.05, 0.1) is 5.02 Å². The largest absolute Gasteiger partial charge is 0.456 e. The molecule has 0 saturated carbocycles. The van der Waals surface area contributed by atoms with Crippen molar-refractivity contribution in [1.82, 2.24) is 0 Å². The first-order chi connectivity index (χ1) is 9.92. The van der Waals surface area contributed by atoms with Gasteiger partial charge in [0, 0.05) is 10.9 Å². The van der Waals surface area contributed by atoms with E-state index in [1.54, 1.807) is 0 Å². The van der Waals surface area contributed by atoms with Gasteiger partial charge in [-0.05, 0) is 53.8 Å². The van der Waals surface area contributed by atoms with Crippen molar-refractivity contribution >= 4 is 34.8 Å². The number of aryl methyl sites for hydroxylation is 1. The van der Waals surface area contributed by atoms with Crippen LogP contribution in [0.25, 0.3) is 0 Å². The summed E-state index contributed by atoms with van der Waals surface area (Å²) in [6.07, 6.45) is 0. The molecule has 21 heavy (non-hydrogen) atoms. The Balaban J connectivity index is 2.37. The van der Waals surface area contributed by atoms with Crippen LogP contribution >= 0.6 is 34.8 Å². The fourth-order valence-corrected chi connectivity index (χ4v) is 2.89. The minimum atomic E-state index is 0.328. The van der Waals surface area contributed by atoms with Crippen LogP contribution in [0, 0.1) is 6.92 Å². The van der Waals surface area contributed by atoms with Crippen LogP contribution in [0.5, 0.6) is 11.5 Å². The first-order valence-corrected chi connectivity index (χ1v) is 8.03. The normalized spacial score (nSPS) is 11.0. The van der Waals surface area contributed by atoms with E-state index >= 15 is 0 Å².